The van der Waals surface area contributed by atoms with E-state index in [0.717, 1.165) is 32.4 Å². The van der Waals surface area contributed by atoms with E-state index in [4.69, 9.17) is 14.6 Å². The van der Waals surface area contributed by atoms with Gasteiger partial charge in [0, 0.05) is 23.9 Å². The molecule has 0 aromatic heterocycles. The summed E-state index contributed by atoms with van der Waals surface area (Å²) >= 11 is 1.80. The lowest BCUT2D eigenvalue weighted by Crippen LogP contribution is -2.35. The Morgan fingerprint density at radius 1 is 1.28 bits per heavy atom. The Labute approximate surface area is 152 Å². The van der Waals surface area contributed by atoms with Crippen molar-refractivity contribution in [2.24, 2.45) is 0 Å². The van der Waals surface area contributed by atoms with E-state index in [-0.39, 0.29) is 5.91 Å². The summed E-state index contributed by atoms with van der Waals surface area (Å²) in [6.45, 7) is 3.29. The Morgan fingerprint density at radius 3 is 2.76 bits per heavy atom. The van der Waals surface area contributed by atoms with E-state index in [1.165, 1.54) is 0 Å². The van der Waals surface area contributed by atoms with E-state index >= 15 is 0 Å². The number of carbonyl (C=O) groups is 2. The molecule has 1 saturated heterocycles. The second kappa shape index (κ2) is 9.56. The van der Waals surface area contributed by atoms with Crippen molar-refractivity contribution in [2.45, 2.75) is 31.4 Å². The highest BCUT2D eigenvalue weighted by Crippen LogP contribution is 2.30. The number of hydrogen-bond acceptors (Lipinski definition) is 5. The number of carboxylic acids is 1. The van der Waals surface area contributed by atoms with Gasteiger partial charge in [-0.3, -0.25) is 4.79 Å². The first-order valence-corrected chi connectivity index (χ1v) is 9.77. The largest absolute Gasteiger partial charge is 0.490 e. The van der Waals surface area contributed by atoms with Gasteiger partial charge < -0.3 is 19.5 Å². The number of nitrogens with zero attached hydrogens (tertiary/aromatic N) is 1. The van der Waals surface area contributed by atoms with Crippen LogP contribution in [0.4, 0.5) is 0 Å². The average Bonchev–Trinajstić information content (AvgIpc) is 2.85. The number of benzene rings is 1. The second-order valence-electron chi connectivity index (χ2n) is 5.88. The highest BCUT2D eigenvalue weighted by molar-refractivity contribution is 7.99. The van der Waals surface area contributed by atoms with E-state index in [0.29, 0.717) is 28.9 Å². The fourth-order valence-corrected chi connectivity index (χ4v) is 3.56. The summed E-state index contributed by atoms with van der Waals surface area (Å²) in [7, 11) is 0. The molecular weight excluding hydrogens is 342 g/mol. The average molecular weight is 367 g/mol. The Kier molecular flexibility index (Phi) is 7.43. The van der Waals surface area contributed by atoms with Gasteiger partial charge in [-0.2, -0.15) is 11.8 Å². The van der Waals surface area contributed by atoms with Crippen LogP contribution in [-0.4, -0.2) is 59.7 Å². The number of rotatable bonds is 7. The van der Waals surface area contributed by atoms with Gasteiger partial charge in [-0.25, -0.2) is 4.79 Å². The van der Waals surface area contributed by atoms with Crippen molar-refractivity contribution < 1.29 is 24.2 Å². The molecule has 138 valence electrons. The molecule has 7 heteroatoms. The standard InChI is InChI=1S/C18H25NO5S/c1-3-23-16-10-13(7-8-15(16)24-12-17(20)21)18(22)19-9-5-4-6-14(11-19)25-2/h7-8,10,14H,3-6,9,11-12H2,1-2H3,(H,20,21). The highest BCUT2D eigenvalue weighted by Gasteiger charge is 2.23. The van der Waals surface area contributed by atoms with Crippen molar-refractivity contribution in [3.8, 4) is 11.5 Å². The van der Waals surface area contributed by atoms with Crippen molar-refractivity contribution in [1.29, 1.82) is 0 Å². The van der Waals surface area contributed by atoms with Gasteiger partial charge in [0.1, 0.15) is 0 Å². The van der Waals surface area contributed by atoms with E-state index < -0.39 is 12.6 Å². The maximum Gasteiger partial charge on any atom is 0.341 e. The summed E-state index contributed by atoms with van der Waals surface area (Å²) in [5, 5.41) is 9.22. The van der Waals surface area contributed by atoms with Crippen LogP contribution in [0.3, 0.4) is 0 Å². The molecule has 0 radical (unpaired) electrons. The molecule has 1 amide bonds. The molecule has 0 saturated carbocycles. The van der Waals surface area contributed by atoms with Gasteiger partial charge in [-0.05, 0) is 44.2 Å². The van der Waals surface area contributed by atoms with Crippen LogP contribution < -0.4 is 9.47 Å². The van der Waals surface area contributed by atoms with Gasteiger partial charge in [0.25, 0.3) is 5.91 Å². The minimum absolute atomic E-state index is 0.0216. The maximum atomic E-state index is 12.9. The van der Waals surface area contributed by atoms with E-state index in [1.54, 1.807) is 30.0 Å². The maximum absolute atomic E-state index is 12.9. The summed E-state index contributed by atoms with van der Waals surface area (Å²) in [6.07, 6.45) is 5.37. The molecule has 1 unspecified atom stereocenters. The first-order chi connectivity index (χ1) is 12.0. The van der Waals surface area contributed by atoms with Crippen molar-refractivity contribution in [3.63, 3.8) is 0 Å². The molecule has 1 aromatic carbocycles. The van der Waals surface area contributed by atoms with E-state index in [1.807, 2.05) is 11.8 Å². The minimum Gasteiger partial charge on any atom is -0.490 e. The Balaban J connectivity index is 2.17. The summed E-state index contributed by atoms with van der Waals surface area (Å²) in [4.78, 5) is 25.5. The monoisotopic (exact) mass is 367 g/mol. The van der Waals surface area contributed by atoms with Gasteiger partial charge >= 0.3 is 5.97 Å². The molecular formula is C18H25NO5S. The van der Waals surface area contributed by atoms with Crippen LogP contribution >= 0.6 is 11.8 Å². The van der Waals surface area contributed by atoms with Gasteiger partial charge in [0.2, 0.25) is 0 Å². The third-order valence-corrected chi connectivity index (χ3v) is 5.14. The van der Waals surface area contributed by atoms with Gasteiger partial charge in [0.05, 0.1) is 6.61 Å². The molecule has 1 aromatic rings. The third kappa shape index (κ3) is 5.56. The highest BCUT2D eigenvalue weighted by atomic mass is 32.2. The molecule has 1 fully saturated rings. The minimum atomic E-state index is -1.06. The van der Waals surface area contributed by atoms with Crippen molar-refractivity contribution in [1.82, 2.24) is 4.90 Å². The van der Waals surface area contributed by atoms with Gasteiger partial charge in [0.15, 0.2) is 18.1 Å². The van der Waals surface area contributed by atoms with Crippen LogP contribution in [0.2, 0.25) is 0 Å². The van der Waals surface area contributed by atoms with E-state index in [9.17, 15) is 9.59 Å². The fourth-order valence-electron chi connectivity index (χ4n) is 2.83. The first-order valence-electron chi connectivity index (χ1n) is 8.48. The molecule has 1 heterocycles. The Bertz CT molecular complexity index is 607. The third-order valence-electron chi connectivity index (χ3n) is 4.09. The molecule has 0 spiro atoms. The lowest BCUT2D eigenvalue weighted by molar-refractivity contribution is -0.139. The van der Waals surface area contributed by atoms with Crippen LogP contribution in [0.25, 0.3) is 0 Å². The number of carbonyl (C=O) groups excluding carboxylic acids is 1. The zero-order chi connectivity index (χ0) is 18.2. The molecule has 2 rings (SSSR count). The lowest BCUT2D eigenvalue weighted by atomic mass is 10.1. The Hall–Kier alpha value is -1.89. The molecule has 1 aliphatic rings. The number of aliphatic carboxylic acids is 1. The first kappa shape index (κ1) is 19.4. The van der Waals surface area contributed by atoms with Crippen LogP contribution in [0.1, 0.15) is 36.5 Å². The smallest absolute Gasteiger partial charge is 0.341 e. The summed E-state index contributed by atoms with van der Waals surface area (Å²) in [5.41, 5.74) is 0.535. The number of ether oxygens (including phenoxy) is 2. The molecule has 1 atom stereocenters. The summed E-state index contributed by atoms with van der Waals surface area (Å²) < 4.78 is 10.8. The zero-order valence-corrected chi connectivity index (χ0v) is 15.5. The van der Waals surface area contributed by atoms with Crippen molar-refractivity contribution >= 4 is 23.6 Å². The van der Waals surface area contributed by atoms with Crippen LogP contribution in [0.15, 0.2) is 18.2 Å². The predicted molar refractivity (Wildman–Crippen MR) is 97.8 cm³/mol. The van der Waals surface area contributed by atoms with Crippen molar-refractivity contribution in [2.75, 3.05) is 32.6 Å². The van der Waals surface area contributed by atoms with Gasteiger partial charge in [-0.1, -0.05) is 6.42 Å². The van der Waals surface area contributed by atoms with Gasteiger partial charge in [-0.15, -0.1) is 0 Å². The second-order valence-corrected chi connectivity index (χ2v) is 7.02. The molecule has 1 N–H and O–H groups in total. The van der Waals surface area contributed by atoms with Crippen LogP contribution in [-0.2, 0) is 4.79 Å². The van der Waals surface area contributed by atoms with Crippen LogP contribution in [0.5, 0.6) is 11.5 Å². The normalized spacial score (nSPS) is 17.7. The quantitative estimate of drug-likeness (QED) is 0.799. The molecule has 0 bridgehead atoms. The Morgan fingerprint density at radius 2 is 2.08 bits per heavy atom. The summed E-state index contributed by atoms with van der Waals surface area (Å²) in [6, 6.07) is 4.91. The number of likely N-dealkylation sites (tertiary alicyclic amines) is 1. The number of thioether (sulfide) groups is 1. The number of carboxylic acid groups (broad SMARTS) is 1. The topological polar surface area (TPSA) is 76.1 Å². The predicted octanol–water partition coefficient (Wildman–Crippen LogP) is 2.91. The molecule has 0 aliphatic carbocycles. The fraction of sp³-hybridized carbons (Fsp3) is 0.556. The molecule has 25 heavy (non-hydrogen) atoms. The van der Waals surface area contributed by atoms with Crippen LogP contribution in [0, 0.1) is 0 Å². The molecule has 6 nitrogen and oxygen atoms in total. The molecule has 1 aliphatic heterocycles. The van der Waals surface area contributed by atoms with Crippen molar-refractivity contribution in [3.05, 3.63) is 23.8 Å². The number of amides is 1. The SMILES string of the molecule is CCOc1cc(C(=O)N2CCCCC(SC)C2)ccc1OCC(=O)O. The zero-order valence-electron chi connectivity index (χ0n) is 14.7. The summed E-state index contributed by atoms with van der Waals surface area (Å²) in [5.74, 6) is -0.355. The van der Waals surface area contributed by atoms with E-state index in [2.05, 4.69) is 6.26 Å². The lowest BCUT2D eigenvalue weighted by Gasteiger charge is -2.24. The number of hydrogen-bond donors (Lipinski definition) is 1.